The summed E-state index contributed by atoms with van der Waals surface area (Å²) >= 11 is -2.18. The standard InChI is InChI=1S/C6H8N2O2S/c1-7-6-3-2-5(4-8-6)11(9)10/h2-4H,1H3,(H,7,8)(H,9,10)/p-1. The van der Waals surface area contributed by atoms with Crippen molar-refractivity contribution >= 4 is 16.9 Å². The highest BCUT2D eigenvalue weighted by Crippen LogP contribution is 2.05. The van der Waals surface area contributed by atoms with Crippen molar-refractivity contribution in [2.75, 3.05) is 12.4 Å². The average Bonchev–Trinajstić information content (AvgIpc) is 2.05. The molecule has 0 radical (unpaired) electrons. The Kier molecular flexibility index (Phi) is 2.56. The van der Waals surface area contributed by atoms with Crippen molar-refractivity contribution < 1.29 is 8.76 Å². The molecule has 0 spiro atoms. The quantitative estimate of drug-likeness (QED) is 0.652. The second-order valence-electron chi connectivity index (χ2n) is 1.86. The SMILES string of the molecule is CNc1ccc(S(=O)[O-])cn1. The van der Waals surface area contributed by atoms with Crippen molar-refractivity contribution in [3.05, 3.63) is 18.3 Å². The maximum absolute atomic E-state index is 10.3. The van der Waals surface area contributed by atoms with Crippen molar-refractivity contribution in [3.8, 4) is 0 Å². The summed E-state index contributed by atoms with van der Waals surface area (Å²) in [6, 6.07) is 3.09. The molecule has 0 amide bonds. The highest BCUT2D eigenvalue weighted by molar-refractivity contribution is 7.79. The summed E-state index contributed by atoms with van der Waals surface area (Å²) in [6.45, 7) is 0. The van der Waals surface area contributed by atoms with Gasteiger partial charge >= 0.3 is 0 Å². The van der Waals surface area contributed by atoms with E-state index in [1.165, 1.54) is 12.3 Å². The Hall–Kier alpha value is -0.940. The van der Waals surface area contributed by atoms with Crippen LogP contribution in [-0.4, -0.2) is 20.8 Å². The molecule has 5 heteroatoms. The zero-order valence-corrected chi connectivity index (χ0v) is 6.72. The van der Waals surface area contributed by atoms with Crippen LogP contribution in [0.3, 0.4) is 0 Å². The zero-order chi connectivity index (χ0) is 8.27. The van der Waals surface area contributed by atoms with Crippen LogP contribution in [0, 0.1) is 0 Å². The molecule has 1 aromatic heterocycles. The molecular formula is C6H7N2O2S-. The van der Waals surface area contributed by atoms with Gasteiger partial charge in [-0.1, -0.05) is 0 Å². The highest BCUT2D eigenvalue weighted by atomic mass is 32.2. The molecular weight excluding hydrogens is 164 g/mol. The number of hydrogen-bond donors (Lipinski definition) is 1. The Labute approximate surface area is 66.9 Å². The lowest BCUT2D eigenvalue weighted by Crippen LogP contribution is -1.94. The molecule has 0 aliphatic heterocycles. The molecule has 1 heterocycles. The average molecular weight is 171 g/mol. The predicted molar refractivity (Wildman–Crippen MR) is 41.0 cm³/mol. The molecule has 0 fully saturated rings. The summed E-state index contributed by atoms with van der Waals surface area (Å²) in [5.41, 5.74) is 0. The topological polar surface area (TPSA) is 65.0 Å². The van der Waals surface area contributed by atoms with Gasteiger partial charge in [0.15, 0.2) is 0 Å². The van der Waals surface area contributed by atoms with Crippen LogP contribution in [0.15, 0.2) is 23.2 Å². The lowest BCUT2D eigenvalue weighted by molar-refractivity contribution is 0.537. The summed E-state index contributed by atoms with van der Waals surface area (Å²) in [5.74, 6) is 0.652. The van der Waals surface area contributed by atoms with E-state index in [0.29, 0.717) is 5.82 Å². The van der Waals surface area contributed by atoms with Crippen molar-refractivity contribution in [2.24, 2.45) is 0 Å². The molecule has 1 aromatic rings. The fourth-order valence-corrected chi connectivity index (χ4v) is 0.945. The van der Waals surface area contributed by atoms with Crippen LogP contribution >= 0.6 is 0 Å². The molecule has 1 rings (SSSR count). The van der Waals surface area contributed by atoms with Crippen molar-refractivity contribution in [3.63, 3.8) is 0 Å². The van der Waals surface area contributed by atoms with E-state index in [1.54, 1.807) is 13.1 Å². The summed E-state index contributed by atoms with van der Waals surface area (Å²) in [7, 11) is 1.72. The number of pyridine rings is 1. The maximum atomic E-state index is 10.3. The minimum Gasteiger partial charge on any atom is -0.768 e. The maximum Gasteiger partial charge on any atom is 0.125 e. The van der Waals surface area contributed by atoms with E-state index in [0.717, 1.165) is 0 Å². The van der Waals surface area contributed by atoms with Gasteiger partial charge in [0.2, 0.25) is 0 Å². The molecule has 0 bridgehead atoms. The summed E-state index contributed by atoms with van der Waals surface area (Å²) in [5, 5.41) is 2.78. The first-order valence-corrected chi connectivity index (χ1v) is 4.04. The van der Waals surface area contributed by atoms with E-state index in [9.17, 15) is 8.76 Å². The van der Waals surface area contributed by atoms with Gasteiger partial charge in [0.25, 0.3) is 0 Å². The van der Waals surface area contributed by atoms with Crippen LogP contribution in [-0.2, 0) is 11.1 Å². The summed E-state index contributed by atoms with van der Waals surface area (Å²) in [6.07, 6.45) is 1.30. The highest BCUT2D eigenvalue weighted by Gasteiger charge is 1.92. The Morgan fingerprint density at radius 3 is 2.73 bits per heavy atom. The third-order valence-electron chi connectivity index (χ3n) is 1.18. The predicted octanol–water partition coefficient (Wildman–Crippen LogP) is 0.361. The monoisotopic (exact) mass is 171 g/mol. The van der Waals surface area contributed by atoms with Gasteiger partial charge in [0.1, 0.15) is 5.82 Å². The zero-order valence-electron chi connectivity index (χ0n) is 5.90. The Balaban J connectivity index is 2.91. The van der Waals surface area contributed by atoms with Gasteiger partial charge in [-0.05, 0) is 23.2 Å². The van der Waals surface area contributed by atoms with Gasteiger partial charge in [-0.2, -0.15) is 0 Å². The van der Waals surface area contributed by atoms with E-state index in [1.807, 2.05) is 0 Å². The van der Waals surface area contributed by atoms with Crippen LogP contribution in [0.4, 0.5) is 5.82 Å². The van der Waals surface area contributed by atoms with Gasteiger partial charge in [-0.3, -0.25) is 4.21 Å². The van der Waals surface area contributed by atoms with Crippen molar-refractivity contribution in [1.29, 1.82) is 0 Å². The van der Waals surface area contributed by atoms with Crippen LogP contribution in [0.2, 0.25) is 0 Å². The molecule has 0 saturated heterocycles. The third-order valence-corrected chi connectivity index (χ3v) is 1.81. The number of anilines is 1. The molecule has 1 atom stereocenters. The lowest BCUT2D eigenvalue weighted by Gasteiger charge is -2.04. The molecule has 1 unspecified atom stereocenters. The molecule has 0 saturated carbocycles. The van der Waals surface area contributed by atoms with Gasteiger partial charge in [0, 0.05) is 18.1 Å². The number of nitrogens with one attached hydrogen (secondary N) is 1. The Bertz CT molecular complexity index is 260. The second kappa shape index (κ2) is 3.45. The van der Waals surface area contributed by atoms with Crippen molar-refractivity contribution in [1.82, 2.24) is 4.98 Å². The smallest absolute Gasteiger partial charge is 0.125 e. The molecule has 11 heavy (non-hydrogen) atoms. The number of hydrogen-bond acceptors (Lipinski definition) is 4. The van der Waals surface area contributed by atoms with Crippen molar-refractivity contribution in [2.45, 2.75) is 4.90 Å². The van der Waals surface area contributed by atoms with E-state index < -0.39 is 11.1 Å². The van der Waals surface area contributed by atoms with Gasteiger partial charge < -0.3 is 9.87 Å². The minimum atomic E-state index is -2.18. The lowest BCUT2D eigenvalue weighted by atomic mass is 10.5. The first kappa shape index (κ1) is 8.16. The molecule has 4 nitrogen and oxygen atoms in total. The fourth-order valence-electron chi connectivity index (χ4n) is 0.627. The van der Waals surface area contributed by atoms with Crippen LogP contribution < -0.4 is 5.32 Å². The van der Waals surface area contributed by atoms with E-state index in [4.69, 9.17) is 0 Å². The first-order valence-electron chi connectivity index (χ1n) is 2.97. The summed E-state index contributed by atoms with van der Waals surface area (Å²) < 4.78 is 20.7. The molecule has 0 aromatic carbocycles. The fraction of sp³-hybridized carbons (Fsp3) is 0.167. The van der Waals surface area contributed by atoms with Gasteiger partial charge in [-0.15, -0.1) is 0 Å². The van der Waals surface area contributed by atoms with Crippen LogP contribution in [0.25, 0.3) is 0 Å². The second-order valence-corrected chi connectivity index (χ2v) is 2.80. The van der Waals surface area contributed by atoms with Gasteiger partial charge in [-0.25, -0.2) is 4.98 Å². The number of aromatic nitrogens is 1. The van der Waals surface area contributed by atoms with Crippen LogP contribution in [0.5, 0.6) is 0 Å². The molecule has 60 valence electrons. The summed E-state index contributed by atoms with van der Waals surface area (Å²) in [4.78, 5) is 4.01. The molecule has 0 aliphatic carbocycles. The first-order chi connectivity index (χ1) is 5.24. The van der Waals surface area contributed by atoms with Gasteiger partial charge in [0.05, 0.1) is 0 Å². The van der Waals surface area contributed by atoms with Crippen LogP contribution in [0.1, 0.15) is 0 Å². The van der Waals surface area contributed by atoms with E-state index in [-0.39, 0.29) is 4.90 Å². The minimum absolute atomic E-state index is 0.198. The number of nitrogens with zero attached hydrogens (tertiary/aromatic N) is 1. The third kappa shape index (κ3) is 1.99. The van der Waals surface area contributed by atoms with E-state index >= 15 is 0 Å². The molecule has 0 aliphatic rings. The van der Waals surface area contributed by atoms with E-state index in [2.05, 4.69) is 10.3 Å². The Morgan fingerprint density at radius 1 is 1.64 bits per heavy atom. The molecule has 1 N–H and O–H groups in total. The number of rotatable bonds is 2. The Morgan fingerprint density at radius 2 is 2.36 bits per heavy atom. The normalized spacial score (nSPS) is 12.5. The largest absolute Gasteiger partial charge is 0.768 e.